The first kappa shape index (κ1) is 20.7. The van der Waals surface area contributed by atoms with Crippen molar-refractivity contribution < 1.29 is 19.0 Å². The van der Waals surface area contributed by atoms with Gasteiger partial charge in [0.15, 0.2) is 23.5 Å². The number of nitrogens with zero attached hydrogens (tertiary/aromatic N) is 5. The van der Waals surface area contributed by atoms with E-state index in [-0.39, 0.29) is 24.2 Å². The fourth-order valence-corrected chi connectivity index (χ4v) is 5.09. The predicted octanol–water partition coefficient (Wildman–Crippen LogP) is 1.51. The fraction of sp³-hybridized carbons (Fsp3) is 0.714. The van der Waals surface area contributed by atoms with E-state index in [2.05, 4.69) is 33.7 Å². The molecule has 0 amide bonds. The lowest BCUT2D eigenvalue weighted by Crippen LogP contribution is -2.52. The number of carbonyl (C=O) groups is 1. The Bertz CT molecular complexity index is 972. The number of nitrogens with two attached hydrogens (primary N) is 1. The van der Waals surface area contributed by atoms with E-state index in [0.717, 1.165) is 19.1 Å². The third kappa shape index (κ3) is 3.51. The summed E-state index contributed by atoms with van der Waals surface area (Å²) in [4.78, 5) is 26.3. The first-order chi connectivity index (χ1) is 14.8. The lowest BCUT2D eigenvalue weighted by atomic mass is 9.79. The molecule has 1 saturated carbocycles. The number of nitrogen functional groups attached to an aromatic ring is 1. The summed E-state index contributed by atoms with van der Waals surface area (Å²) >= 11 is 0. The van der Waals surface area contributed by atoms with Gasteiger partial charge >= 0.3 is 0 Å². The third-order valence-electron chi connectivity index (χ3n) is 6.65. The van der Waals surface area contributed by atoms with Crippen LogP contribution in [0.4, 0.5) is 5.82 Å². The van der Waals surface area contributed by atoms with Gasteiger partial charge in [-0.2, -0.15) is 0 Å². The highest BCUT2D eigenvalue weighted by molar-refractivity contribution is 5.81. The second-order valence-corrected chi connectivity index (χ2v) is 9.52. The maximum absolute atomic E-state index is 11.1. The standard InChI is InChI=1S/C21H30N6O4/c1-11(2)26(13-5-12(6-13)8-28)7-14-16-17(31-21(3,4)30-16)20(29-14)27-10-25-15-18(22)23-9-24-19(15)27/h8-14,16-17,20H,5-7H2,1-4H3,(H2,22,23,24)/t12-,13+,14-,16-,17-,20?/m1/s1. The first-order valence-corrected chi connectivity index (χ1v) is 10.9. The van der Waals surface area contributed by atoms with Gasteiger partial charge in [0.2, 0.25) is 0 Å². The molecule has 0 radical (unpaired) electrons. The van der Waals surface area contributed by atoms with Gasteiger partial charge in [0.05, 0.1) is 6.33 Å². The molecule has 4 heterocycles. The second kappa shape index (κ2) is 7.47. The molecule has 10 nitrogen and oxygen atoms in total. The van der Waals surface area contributed by atoms with Crippen LogP contribution in [0.1, 0.15) is 46.8 Å². The van der Waals surface area contributed by atoms with Crippen molar-refractivity contribution in [1.29, 1.82) is 0 Å². The van der Waals surface area contributed by atoms with Crippen LogP contribution >= 0.6 is 0 Å². The van der Waals surface area contributed by atoms with Gasteiger partial charge in [-0.3, -0.25) is 9.47 Å². The summed E-state index contributed by atoms with van der Waals surface area (Å²) < 4.78 is 20.9. The summed E-state index contributed by atoms with van der Waals surface area (Å²) in [5.41, 5.74) is 7.12. The van der Waals surface area contributed by atoms with Gasteiger partial charge in [0, 0.05) is 24.5 Å². The average Bonchev–Trinajstić information content (AvgIpc) is 3.32. The fourth-order valence-electron chi connectivity index (χ4n) is 5.09. The van der Waals surface area contributed by atoms with Crippen molar-refractivity contribution in [3.05, 3.63) is 12.7 Å². The molecule has 2 aromatic rings. The predicted molar refractivity (Wildman–Crippen MR) is 112 cm³/mol. The molecule has 2 N–H and O–H groups in total. The number of ether oxygens (including phenoxy) is 3. The average molecular weight is 431 g/mol. The molecule has 168 valence electrons. The van der Waals surface area contributed by atoms with E-state index in [0.29, 0.717) is 35.6 Å². The molecule has 2 aliphatic heterocycles. The lowest BCUT2D eigenvalue weighted by Gasteiger charge is -2.44. The Hall–Kier alpha value is -2.14. The van der Waals surface area contributed by atoms with Crippen LogP contribution in [-0.4, -0.2) is 73.4 Å². The molecule has 3 fully saturated rings. The Morgan fingerprint density at radius 3 is 2.71 bits per heavy atom. The second-order valence-electron chi connectivity index (χ2n) is 9.52. The molecule has 0 spiro atoms. The van der Waals surface area contributed by atoms with Crippen LogP contribution in [0.3, 0.4) is 0 Å². The summed E-state index contributed by atoms with van der Waals surface area (Å²) in [6.07, 6.45) is 4.83. The number of hydrogen-bond donors (Lipinski definition) is 1. The molecular weight excluding hydrogens is 400 g/mol. The van der Waals surface area contributed by atoms with E-state index < -0.39 is 12.0 Å². The molecule has 3 aliphatic rings. The van der Waals surface area contributed by atoms with Crippen LogP contribution in [-0.2, 0) is 19.0 Å². The van der Waals surface area contributed by atoms with E-state index in [9.17, 15) is 4.79 Å². The molecule has 10 heteroatoms. The molecule has 5 rings (SSSR count). The highest BCUT2D eigenvalue weighted by Gasteiger charge is 2.56. The van der Waals surface area contributed by atoms with Crippen LogP contribution in [0.15, 0.2) is 12.7 Å². The summed E-state index contributed by atoms with van der Waals surface area (Å²) in [6.45, 7) is 8.90. The third-order valence-corrected chi connectivity index (χ3v) is 6.65. The monoisotopic (exact) mass is 430 g/mol. The summed E-state index contributed by atoms with van der Waals surface area (Å²) in [7, 11) is 0. The van der Waals surface area contributed by atoms with E-state index in [4.69, 9.17) is 19.9 Å². The number of rotatable bonds is 6. The van der Waals surface area contributed by atoms with Crippen molar-refractivity contribution in [2.24, 2.45) is 5.92 Å². The molecule has 0 bridgehead atoms. The van der Waals surface area contributed by atoms with Gasteiger partial charge in [-0.1, -0.05) is 0 Å². The quantitative estimate of drug-likeness (QED) is 0.680. The topological polar surface area (TPSA) is 118 Å². The van der Waals surface area contributed by atoms with Crippen LogP contribution < -0.4 is 5.73 Å². The Labute approximate surface area is 181 Å². The minimum Gasteiger partial charge on any atom is -0.382 e. The molecule has 4 atom stereocenters. The van der Waals surface area contributed by atoms with Gasteiger partial charge in [0.25, 0.3) is 0 Å². The van der Waals surface area contributed by atoms with Crippen LogP contribution in [0.25, 0.3) is 11.2 Å². The maximum Gasteiger partial charge on any atom is 0.167 e. The van der Waals surface area contributed by atoms with Crippen LogP contribution in [0.5, 0.6) is 0 Å². The Morgan fingerprint density at radius 1 is 1.26 bits per heavy atom. The van der Waals surface area contributed by atoms with E-state index >= 15 is 0 Å². The van der Waals surface area contributed by atoms with Crippen molar-refractivity contribution in [3.8, 4) is 0 Å². The number of imidazole rings is 1. The normalized spacial score (nSPS) is 34.4. The first-order valence-electron chi connectivity index (χ1n) is 10.9. The Balaban J connectivity index is 1.42. The zero-order valence-corrected chi connectivity index (χ0v) is 18.3. The number of aromatic nitrogens is 4. The molecular formula is C21H30N6O4. The summed E-state index contributed by atoms with van der Waals surface area (Å²) in [6, 6.07) is 0.712. The van der Waals surface area contributed by atoms with Crippen LogP contribution in [0.2, 0.25) is 0 Å². The van der Waals surface area contributed by atoms with Gasteiger partial charge in [0.1, 0.15) is 36.4 Å². The van der Waals surface area contributed by atoms with Crippen LogP contribution in [0, 0.1) is 5.92 Å². The molecule has 2 saturated heterocycles. The van der Waals surface area contributed by atoms with Crippen molar-refractivity contribution >= 4 is 23.3 Å². The van der Waals surface area contributed by atoms with Gasteiger partial charge in [-0.25, -0.2) is 15.0 Å². The number of carbonyl (C=O) groups excluding carboxylic acids is 1. The molecule has 31 heavy (non-hydrogen) atoms. The smallest absolute Gasteiger partial charge is 0.167 e. The molecule has 0 aromatic carbocycles. The van der Waals surface area contributed by atoms with Gasteiger partial charge < -0.3 is 24.7 Å². The number of fused-ring (bicyclic) bond motifs is 2. The minimum atomic E-state index is -0.707. The lowest BCUT2D eigenvalue weighted by molar-refractivity contribution is -0.199. The van der Waals surface area contributed by atoms with Gasteiger partial charge in [-0.05, 0) is 40.5 Å². The molecule has 1 aliphatic carbocycles. The zero-order chi connectivity index (χ0) is 21.9. The van der Waals surface area contributed by atoms with E-state index in [1.807, 2.05) is 18.4 Å². The Kier molecular flexibility index (Phi) is 5.00. The number of anilines is 1. The highest BCUT2D eigenvalue weighted by Crippen LogP contribution is 2.44. The summed E-state index contributed by atoms with van der Waals surface area (Å²) in [5, 5.41) is 0. The number of hydrogen-bond acceptors (Lipinski definition) is 9. The van der Waals surface area contributed by atoms with Gasteiger partial charge in [-0.15, -0.1) is 0 Å². The Morgan fingerprint density at radius 2 is 2.00 bits per heavy atom. The zero-order valence-electron chi connectivity index (χ0n) is 18.3. The van der Waals surface area contributed by atoms with Crippen molar-refractivity contribution in [2.75, 3.05) is 12.3 Å². The van der Waals surface area contributed by atoms with E-state index in [1.165, 1.54) is 6.33 Å². The van der Waals surface area contributed by atoms with Crippen molar-refractivity contribution in [2.45, 2.75) is 82.9 Å². The highest BCUT2D eigenvalue weighted by atomic mass is 16.8. The number of aldehydes is 1. The van der Waals surface area contributed by atoms with E-state index in [1.54, 1.807) is 6.33 Å². The largest absolute Gasteiger partial charge is 0.382 e. The maximum atomic E-state index is 11.1. The molecule has 1 unspecified atom stereocenters. The molecule has 2 aromatic heterocycles. The minimum absolute atomic E-state index is 0.170. The SMILES string of the molecule is CC(C)N(C[C@H]1OC(n2cnc3c(N)ncnc32)[C@@H]2OC(C)(C)O[C@H]12)[C@H]1C[C@@H](C=O)C1. The summed E-state index contributed by atoms with van der Waals surface area (Å²) in [5.74, 6) is -0.204. The van der Waals surface area contributed by atoms with Crippen molar-refractivity contribution in [3.63, 3.8) is 0 Å². The van der Waals surface area contributed by atoms with Crippen molar-refractivity contribution in [1.82, 2.24) is 24.4 Å².